The lowest BCUT2D eigenvalue weighted by atomic mass is 9.99. The highest BCUT2D eigenvalue weighted by atomic mass is 15.3. The summed E-state index contributed by atoms with van der Waals surface area (Å²) >= 11 is 0. The summed E-state index contributed by atoms with van der Waals surface area (Å²) in [5.74, 6) is 1.62. The van der Waals surface area contributed by atoms with Crippen LogP contribution in [0.1, 0.15) is 25.3 Å². The standard InChI is InChI=1S/C15H23N5/c1-12-5-9-19(10-6-12)11-7-16-15-17-14-13(2)4-3-8-20(14)18-15/h3-4,8,12H,5-7,9-11H2,1-2H3,(H,16,18). The van der Waals surface area contributed by atoms with Gasteiger partial charge in [-0.3, -0.25) is 0 Å². The van der Waals surface area contributed by atoms with Crippen LogP contribution in [0, 0.1) is 12.8 Å². The molecule has 0 radical (unpaired) electrons. The molecule has 0 aromatic carbocycles. The third kappa shape index (κ3) is 2.93. The van der Waals surface area contributed by atoms with E-state index < -0.39 is 0 Å². The fourth-order valence-corrected chi connectivity index (χ4v) is 2.73. The number of nitrogens with one attached hydrogen (secondary N) is 1. The molecule has 5 heteroatoms. The SMILES string of the molecule is Cc1cccn2nc(NCCN3CCC(C)CC3)nc12. The van der Waals surface area contributed by atoms with E-state index in [2.05, 4.69) is 40.2 Å². The summed E-state index contributed by atoms with van der Waals surface area (Å²) in [5, 5.41) is 7.78. The lowest BCUT2D eigenvalue weighted by molar-refractivity contribution is 0.199. The van der Waals surface area contributed by atoms with Crippen molar-refractivity contribution in [2.24, 2.45) is 5.92 Å². The van der Waals surface area contributed by atoms with Crippen LogP contribution in [0.4, 0.5) is 5.95 Å². The molecule has 3 heterocycles. The molecule has 0 amide bonds. The number of rotatable bonds is 4. The Balaban J connectivity index is 1.53. The zero-order valence-electron chi connectivity index (χ0n) is 12.3. The van der Waals surface area contributed by atoms with Crippen molar-refractivity contribution in [2.45, 2.75) is 26.7 Å². The Bertz CT molecular complexity index is 569. The molecule has 0 spiro atoms. The van der Waals surface area contributed by atoms with Crippen molar-refractivity contribution in [1.82, 2.24) is 19.5 Å². The number of pyridine rings is 1. The summed E-state index contributed by atoms with van der Waals surface area (Å²) in [6.45, 7) is 8.83. The Labute approximate surface area is 120 Å². The smallest absolute Gasteiger partial charge is 0.243 e. The van der Waals surface area contributed by atoms with Gasteiger partial charge in [0.25, 0.3) is 0 Å². The zero-order chi connectivity index (χ0) is 13.9. The van der Waals surface area contributed by atoms with Gasteiger partial charge >= 0.3 is 0 Å². The average molecular weight is 273 g/mol. The summed E-state index contributed by atoms with van der Waals surface area (Å²) in [4.78, 5) is 7.05. The maximum absolute atomic E-state index is 4.53. The molecule has 3 rings (SSSR count). The highest BCUT2D eigenvalue weighted by molar-refractivity contribution is 5.49. The lowest BCUT2D eigenvalue weighted by Gasteiger charge is -2.29. The van der Waals surface area contributed by atoms with E-state index in [0.29, 0.717) is 0 Å². The van der Waals surface area contributed by atoms with Gasteiger partial charge in [0.2, 0.25) is 5.95 Å². The monoisotopic (exact) mass is 273 g/mol. The van der Waals surface area contributed by atoms with Gasteiger partial charge in [0.05, 0.1) is 0 Å². The number of nitrogens with zero attached hydrogens (tertiary/aromatic N) is 4. The number of aromatic nitrogens is 3. The second-order valence-electron chi connectivity index (χ2n) is 5.85. The largest absolute Gasteiger partial charge is 0.352 e. The fraction of sp³-hybridized carbons (Fsp3) is 0.600. The maximum Gasteiger partial charge on any atom is 0.243 e. The van der Waals surface area contributed by atoms with Crippen LogP contribution in [0.5, 0.6) is 0 Å². The first kappa shape index (κ1) is 13.4. The molecule has 20 heavy (non-hydrogen) atoms. The molecular formula is C15H23N5. The fourth-order valence-electron chi connectivity index (χ4n) is 2.73. The van der Waals surface area contributed by atoms with E-state index in [9.17, 15) is 0 Å². The van der Waals surface area contributed by atoms with Crippen LogP contribution in [-0.2, 0) is 0 Å². The first-order valence-electron chi connectivity index (χ1n) is 7.50. The predicted molar refractivity (Wildman–Crippen MR) is 81.1 cm³/mol. The molecule has 1 saturated heterocycles. The first-order chi connectivity index (χ1) is 9.72. The minimum atomic E-state index is 0.727. The Morgan fingerprint density at radius 2 is 2.15 bits per heavy atom. The van der Waals surface area contributed by atoms with Crippen molar-refractivity contribution in [3.8, 4) is 0 Å². The molecule has 1 aliphatic rings. The molecule has 5 nitrogen and oxygen atoms in total. The second-order valence-corrected chi connectivity index (χ2v) is 5.85. The van der Waals surface area contributed by atoms with Crippen molar-refractivity contribution in [1.29, 1.82) is 0 Å². The van der Waals surface area contributed by atoms with E-state index in [1.807, 2.05) is 16.8 Å². The topological polar surface area (TPSA) is 45.5 Å². The van der Waals surface area contributed by atoms with E-state index >= 15 is 0 Å². The van der Waals surface area contributed by atoms with Gasteiger partial charge in [0.15, 0.2) is 5.65 Å². The number of hydrogen-bond acceptors (Lipinski definition) is 4. The number of aryl methyl sites for hydroxylation is 1. The number of fused-ring (bicyclic) bond motifs is 1. The molecule has 0 bridgehead atoms. The lowest BCUT2D eigenvalue weighted by Crippen LogP contribution is -2.36. The van der Waals surface area contributed by atoms with Crippen LogP contribution in [-0.4, -0.2) is 45.7 Å². The van der Waals surface area contributed by atoms with E-state index in [1.54, 1.807) is 0 Å². The Morgan fingerprint density at radius 3 is 2.90 bits per heavy atom. The Kier molecular flexibility index (Phi) is 3.87. The molecular weight excluding hydrogens is 250 g/mol. The zero-order valence-corrected chi connectivity index (χ0v) is 12.3. The van der Waals surface area contributed by atoms with Crippen LogP contribution in [0.3, 0.4) is 0 Å². The highest BCUT2D eigenvalue weighted by Crippen LogP contribution is 2.15. The molecule has 1 fully saturated rings. The molecule has 1 aliphatic heterocycles. The minimum Gasteiger partial charge on any atom is -0.352 e. The second kappa shape index (κ2) is 5.79. The molecule has 0 atom stereocenters. The number of likely N-dealkylation sites (tertiary alicyclic amines) is 1. The van der Waals surface area contributed by atoms with Crippen molar-refractivity contribution in [3.05, 3.63) is 23.9 Å². The average Bonchev–Trinajstić information content (AvgIpc) is 2.85. The van der Waals surface area contributed by atoms with E-state index in [4.69, 9.17) is 0 Å². The van der Waals surface area contributed by atoms with Crippen LogP contribution in [0.2, 0.25) is 0 Å². The molecule has 2 aromatic rings. The molecule has 1 N–H and O–H groups in total. The van der Waals surface area contributed by atoms with Gasteiger partial charge in [-0.1, -0.05) is 13.0 Å². The number of hydrogen-bond donors (Lipinski definition) is 1. The molecule has 0 unspecified atom stereocenters. The number of anilines is 1. The predicted octanol–water partition coefficient (Wildman–Crippen LogP) is 2.18. The van der Waals surface area contributed by atoms with Gasteiger partial charge in [-0.2, -0.15) is 4.98 Å². The summed E-state index contributed by atoms with van der Waals surface area (Å²) in [6.07, 6.45) is 4.59. The van der Waals surface area contributed by atoms with Crippen molar-refractivity contribution < 1.29 is 0 Å². The summed E-state index contributed by atoms with van der Waals surface area (Å²) in [6, 6.07) is 4.05. The summed E-state index contributed by atoms with van der Waals surface area (Å²) in [7, 11) is 0. The van der Waals surface area contributed by atoms with Gasteiger partial charge in [0, 0.05) is 19.3 Å². The normalized spacial score (nSPS) is 17.7. The maximum atomic E-state index is 4.53. The van der Waals surface area contributed by atoms with Crippen LogP contribution in [0.15, 0.2) is 18.3 Å². The summed E-state index contributed by atoms with van der Waals surface area (Å²) in [5.41, 5.74) is 2.08. The third-order valence-corrected chi connectivity index (χ3v) is 4.14. The highest BCUT2D eigenvalue weighted by Gasteiger charge is 2.15. The Morgan fingerprint density at radius 1 is 1.35 bits per heavy atom. The van der Waals surface area contributed by atoms with Gasteiger partial charge in [-0.25, -0.2) is 4.52 Å². The Hall–Kier alpha value is -1.62. The van der Waals surface area contributed by atoms with Crippen LogP contribution >= 0.6 is 0 Å². The van der Waals surface area contributed by atoms with E-state index in [1.165, 1.54) is 25.9 Å². The van der Waals surface area contributed by atoms with Crippen LogP contribution < -0.4 is 5.32 Å². The van der Waals surface area contributed by atoms with Crippen molar-refractivity contribution in [2.75, 3.05) is 31.5 Å². The molecule has 108 valence electrons. The number of piperidine rings is 1. The summed E-state index contributed by atoms with van der Waals surface area (Å²) < 4.78 is 1.83. The van der Waals surface area contributed by atoms with E-state index in [-0.39, 0.29) is 0 Å². The molecule has 0 saturated carbocycles. The van der Waals surface area contributed by atoms with Crippen molar-refractivity contribution >= 4 is 11.6 Å². The van der Waals surface area contributed by atoms with Gasteiger partial charge in [-0.15, -0.1) is 5.10 Å². The van der Waals surface area contributed by atoms with Gasteiger partial charge < -0.3 is 10.2 Å². The first-order valence-corrected chi connectivity index (χ1v) is 7.50. The van der Waals surface area contributed by atoms with Crippen LogP contribution in [0.25, 0.3) is 5.65 Å². The van der Waals surface area contributed by atoms with Gasteiger partial charge in [-0.05, 0) is 50.4 Å². The third-order valence-electron chi connectivity index (χ3n) is 4.14. The van der Waals surface area contributed by atoms with Gasteiger partial charge in [0.1, 0.15) is 0 Å². The minimum absolute atomic E-state index is 0.727. The van der Waals surface area contributed by atoms with Crippen molar-refractivity contribution in [3.63, 3.8) is 0 Å². The molecule has 2 aromatic heterocycles. The molecule has 0 aliphatic carbocycles. The van der Waals surface area contributed by atoms with E-state index in [0.717, 1.165) is 36.2 Å². The quantitative estimate of drug-likeness (QED) is 0.927.